The predicted molar refractivity (Wildman–Crippen MR) is 42.8 cm³/mol. The number of rotatable bonds is 4. The molecular formula is C8H16O2. The molecule has 0 aromatic carbocycles. The van der Waals surface area contributed by atoms with Gasteiger partial charge in [0.2, 0.25) is 0 Å². The molecule has 0 saturated carbocycles. The van der Waals surface area contributed by atoms with Gasteiger partial charge in [-0.05, 0) is 6.42 Å². The Morgan fingerprint density at radius 1 is 1.70 bits per heavy atom. The van der Waals surface area contributed by atoms with Crippen molar-refractivity contribution in [3.63, 3.8) is 0 Å². The van der Waals surface area contributed by atoms with Crippen molar-refractivity contribution in [1.82, 2.24) is 0 Å². The summed E-state index contributed by atoms with van der Waals surface area (Å²) in [7, 11) is 0. The molecule has 60 valence electrons. The Labute approximate surface area is 62.9 Å². The van der Waals surface area contributed by atoms with Gasteiger partial charge >= 0.3 is 5.97 Å². The summed E-state index contributed by atoms with van der Waals surface area (Å²) in [4.78, 5) is 10.3. The van der Waals surface area contributed by atoms with Gasteiger partial charge in [0, 0.05) is 6.08 Å². The first-order valence-corrected chi connectivity index (χ1v) is 3.10. The van der Waals surface area contributed by atoms with E-state index in [1.54, 1.807) is 0 Å². The molecule has 0 saturated heterocycles. The number of carbonyl (C=O) groups is 1. The molecule has 2 nitrogen and oxygen atoms in total. The highest BCUT2D eigenvalue weighted by atomic mass is 16.5. The lowest BCUT2D eigenvalue weighted by atomic mass is 10.4. The van der Waals surface area contributed by atoms with Gasteiger partial charge in [0.25, 0.3) is 0 Å². The van der Waals surface area contributed by atoms with E-state index in [4.69, 9.17) is 0 Å². The molecule has 0 aromatic rings. The van der Waals surface area contributed by atoms with Crippen LogP contribution in [-0.4, -0.2) is 12.6 Å². The molecule has 0 aromatic heterocycles. The monoisotopic (exact) mass is 144 g/mol. The van der Waals surface area contributed by atoms with Crippen LogP contribution in [0.2, 0.25) is 0 Å². The van der Waals surface area contributed by atoms with Crippen molar-refractivity contribution in [1.29, 1.82) is 0 Å². The smallest absolute Gasteiger partial charge is 0.330 e. The highest BCUT2D eigenvalue weighted by Crippen LogP contribution is 1.88. The van der Waals surface area contributed by atoms with E-state index in [9.17, 15) is 4.79 Å². The molecular weight excluding hydrogens is 128 g/mol. The van der Waals surface area contributed by atoms with Gasteiger partial charge in [-0.3, -0.25) is 0 Å². The molecule has 0 N–H and O–H groups in total. The lowest BCUT2D eigenvalue weighted by molar-refractivity contribution is -0.137. The van der Waals surface area contributed by atoms with Crippen LogP contribution in [0.4, 0.5) is 0 Å². The van der Waals surface area contributed by atoms with E-state index in [0.717, 1.165) is 12.8 Å². The highest BCUT2D eigenvalue weighted by molar-refractivity contribution is 5.81. The van der Waals surface area contributed by atoms with E-state index in [-0.39, 0.29) is 13.4 Å². The summed E-state index contributed by atoms with van der Waals surface area (Å²) < 4.78 is 4.67. The molecule has 0 fully saturated rings. The summed E-state index contributed by atoms with van der Waals surface area (Å²) in [5, 5.41) is 0. The number of hydrogen-bond acceptors (Lipinski definition) is 2. The number of carbonyl (C=O) groups excluding carboxylic acids is 1. The molecule has 0 amide bonds. The van der Waals surface area contributed by atoms with Crippen LogP contribution in [0.25, 0.3) is 0 Å². The van der Waals surface area contributed by atoms with Crippen molar-refractivity contribution in [2.75, 3.05) is 6.61 Å². The molecule has 0 heterocycles. The third-order valence-electron chi connectivity index (χ3n) is 0.909. The first-order chi connectivity index (χ1) is 4.31. The Hall–Kier alpha value is -0.790. The van der Waals surface area contributed by atoms with Crippen LogP contribution in [0.3, 0.4) is 0 Å². The van der Waals surface area contributed by atoms with Gasteiger partial charge in [0.15, 0.2) is 0 Å². The number of esters is 1. The van der Waals surface area contributed by atoms with Gasteiger partial charge in [-0.25, -0.2) is 4.79 Å². The second-order valence-electron chi connectivity index (χ2n) is 1.73. The van der Waals surface area contributed by atoms with Crippen molar-refractivity contribution in [2.24, 2.45) is 0 Å². The summed E-state index contributed by atoms with van der Waals surface area (Å²) in [6.07, 6.45) is 3.15. The van der Waals surface area contributed by atoms with Crippen LogP contribution < -0.4 is 0 Å². The Kier molecular flexibility index (Phi) is 9.80. The first kappa shape index (κ1) is 11.9. The van der Waals surface area contributed by atoms with Crippen LogP contribution in [0.5, 0.6) is 0 Å². The second-order valence-corrected chi connectivity index (χ2v) is 1.73. The van der Waals surface area contributed by atoms with E-state index in [1.807, 2.05) is 6.92 Å². The number of unbranched alkanes of at least 4 members (excludes halogenated alkanes) is 1. The summed E-state index contributed by atoms with van der Waals surface area (Å²) in [6.45, 7) is 5.82. The van der Waals surface area contributed by atoms with Crippen molar-refractivity contribution in [3.05, 3.63) is 12.7 Å². The molecule has 0 aliphatic carbocycles. The molecule has 0 unspecified atom stereocenters. The molecule has 0 rings (SSSR count). The van der Waals surface area contributed by atoms with Gasteiger partial charge in [-0.15, -0.1) is 0 Å². The van der Waals surface area contributed by atoms with Gasteiger partial charge in [0.05, 0.1) is 6.61 Å². The fraction of sp³-hybridized carbons (Fsp3) is 0.625. The van der Waals surface area contributed by atoms with Crippen molar-refractivity contribution >= 4 is 5.97 Å². The molecule has 0 aliphatic rings. The minimum Gasteiger partial charge on any atom is -0.463 e. The average Bonchev–Trinajstić information content (AvgIpc) is 1.89. The molecule has 0 spiro atoms. The SMILES string of the molecule is C.C=CC(=O)OCCCC. The lowest BCUT2D eigenvalue weighted by Crippen LogP contribution is -2.00. The lowest BCUT2D eigenvalue weighted by Gasteiger charge is -1.97. The Morgan fingerprint density at radius 2 is 2.30 bits per heavy atom. The number of ether oxygens (including phenoxy) is 1. The Morgan fingerprint density at radius 3 is 2.70 bits per heavy atom. The van der Waals surface area contributed by atoms with E-state index >= 15 is 0 Å². The zero-order valence-electron chi connectivity index (χ0n) is 5.72. The summed E-state index contributed by atoms with van der Waals surface area (Å²) in [5.41, 5.74) is 0. The zero-order valence-corrected chi connectivity index (χ0v) is 5.72. The maximum Gasteiger partial charge on any atom is 0.330 e. The Bertz CT molecular complexity index is 97.4. The summed E-state index contributed by atoms with van der Waals surface area (Å²) in [6, 6.07) is 0. The molecule has 10 heavy (non-hydrogen) atoms. The molecule has 0 atom stereocenters. The van der Waals surface area contributed by atoms with Gasteiger partial charge in [0.1, 0.15) is 0 Å². The van der Waals surface area contributed by atoms with E-state index in [0.29, 0.717) is 6.61 Å². The summed E-state index contributed by atoms with van der Waals surface area (Å²) >= 11 is 0. The standard InChI is InChI=1S/C7H12O2.CH4/c1-3-5-6-9-7(8)4-2;/h4H,2-3,5-6H2,1H3;1H4. The maximum atomic E-state index is 10.3. The Balaban J connectivity index is 0. The topological polar surface area (TPSA) is 26.3 Å². The van der Waals surface area contributed by atoms with Crippen LogP contribution in [0, 0.1) is 0 Å². The van der Waals surface area contributed by atoms with Gasteiger partial charge in [-0.2, -0.15) is 0 Å². The fourth-order valence-electron chi connectivity index (χ4n) is 0.376. The van der Waals surface area contributed by atoms with E-state index < -0.39 is 0 Å². The van der Waals surface area contributed by atoms with E-state index in [2.05, 4.69) is 11.3 Å². The van der Waals surface area contributed by atoms with E-state index in [1.165, 1.54) is 6.08 Å². The summed E-state index contributed by atoms with van der Waals surface area (Å²) in [5.74, 6) is -0.330. The molecule has 2 heteroatoms. The molecule has 0 bridgehead atoms. The number of hydrogen-bond donors (Lipinski definition) is 0. The normalized spacial score (nSPS) is 7.70. The maximum absolute atomic E-state index is 10.3. The quantitative estimate of drug-likeness (QED) is 0.343. The average molecular weight is 144 g/mol. The van der Waals surface area contributed by atoms with Crippen molar-refractivity contribution < 1.29 is 9.53 Å². The fourth-order valence-corrected chi connectivity index (χ4v) is 0.376. The van der Waals surface area contributed by atoms with Gasteiger partial charge < -0.3 is 4.74 Å². The minimum absolute atomic E-state index is 0. The van der Waals surface area contributed by atoms with Crippen LogP contribution >= 0.6 is 0 Å². The molecule has 0 radical (unpaired) electrons. The van der Waals surface area contributed by atoms with Crippen LogP contribution in [0.1, 0.15) is 27.2 Å². The van der Waals surface area contributed by atoms with Gasteiger partial charge in [-0.1, -0.05) is 27.4 Å². The largest absolute Gasteiger partial charge is 0.463 e. The van der Waals surface area contributed by atoms with Crippen molar-refractivity contribution in [2.45, 2.75) is 27.2 Å². The second kappa shape index (κ2) is 8.21. The third kappa shape index (κ3) is 7.21. The predicted octanol–water partition coefficient (Wildman–Crippen LogP) is 2.15. The van der Waals surface area contributed by atoms with Crippen molar-refractivity contribution in [3.8, 4) is 0 Å². The zero-order chi connectivity index (χ0) is 7.11. The van der Waals surface area contributed by atoms with Crippen LogP contribution in [0.15, 0.2) is 12.7 Å². The highest BCUT2D eigenvalue weighted by Gasteiger charge is 1.91. The first-order valence-electron chi connectivity index (χ1n) is 3.10. The van der Waals surface area contributed by atoms with Crippen LogP contribution in [-0.2, 0) is 9.53 Å². The minimum atomic E-state index is -0.330. The molecule has 0 aliphatic heterocycles. The third-order valence-corrected chi connectivity index (χ3v) is 0.909.